The van der Waals surface area contributed by atoms with Crippen molar-refractivity contribution in [1.29, 1.82) is 0 Å². The summed E-state index contributed by atoms with van der Waals surface area (Å²) in [6.07, 6.45) is 2.79. The predicted molar refractivity (Wildman–Crippen MR) is 107 cm³/mol. The number of primary amides is 2. The first kappa shape index (κ1) is 22.0. The van der Waals surface area contributed by atoms with Crippen LogP contribution in [0.1, 0.15) is 71.6 Å². The predicted octanol–water partition coefficient (Wildman–Crippen LogP) is 0.692. The number of hydrogen-bond acceptors (Lipinski definition) is 7. The molecule has 0 aliphatic heterocycles. The molecule has 9 nitrogen and oxygen atoms in total. The molecule has 5 fully saturated rings. The van der Waals surface area contributed by atoms with Gasteiger partial charge in [0.15, 0.2) is 5.60 Å². The van der Waals surface area contributed by atoms with Gasteiger partial charge in [-0.3, -0.25) is 19.2 Å². The summed E-state index contributed by atoms with van der Waals surface area (Å²) in [4.78, 5) is 49.0. The average Bonchev–Trinajstić information content (AvgIpc) is 3.36. The topological polar surface area (TPSA) is 159 Å². The molecule has 0 aromatic heterocycles. The second-order valence-corrected chi connectivity index (χ2v) is 11.2. The minimum atomic E-state index is -1.19. The zero-order valence-corrected chi connectivity index (χ0v) is 18.1. The monoisotopic (exact) mass is 436 g/mol. The Morgan fingerprint density at radius 2 is 1.65 bits per heavy atom. The fourth-order valence-corrected chi connectivity index (χ4v) is 6.41. The maximum absolute atomic E-state index is 12.8. The van der Waals surface area contributed by atoms with Gasteiger partial charge in [-0.05, 0) is 43.4 Å². The highest BCUT2D eigenvalue weighted by Crippen LogP contribution is 2.62. The Balaban J connectivity index is 1.39. The molecule has 0 saturated heterocycles. The third-order valence-corrected chi connectivity index (χ3v) is 7.67. The molecule has 0 aromatic rings. The number of amides is 2. The zero-order valence-electron chi connectivity index (χ0n) is 18.1. The van der Waals surface area contributed by atoms with E-state index in [0.29, 0.717) is 32.1 Å². The lowest BCUT2D eigenvalue weighted by molar-refractivity contribution is -0.229. The van der Waals surface area contributed by atoms with Crippen LogP contribution < -0.4 is 11.5 Å². The van der Waals surface area contributed by atoms with Gasteiger partial charge in [0.1, 0.15) is 6.10 Å². The molecule has 5 aliphatic carbocycles. The largest absolute Gasteiger partial charge is 0.461 e. The Morgan fingerprint density at radius 3 is 2.19 bits per heavy atom. The van der Waals surface area contributed by atoms with Gasteiger partial charge in [0, 0.05) is 18.8 Å². The first-order chi connectivity index (χ1) is 14.3. The van der Waals surface area contributed by atoms with E-state index in [1.54, 1.807) is 13.8 Å². The van der Waals surface area contributed by atoms with E-state index in [9.17, 15) is 24.3 Å². The van der Waals surface area contributed by atoms with Crippen molar-refractivity contribution in [2.24, 2.45) is 34.1 Å². The third-order valence-electron chi connectivity index (χ3n) is 7.67. The van der Waals surface area contributed by atoms with Gasteiger partial charge in [-0.25, -0.2) is 0 Å². The van der Waals surface area contributed by atoms with Gasteiger partial charge in [0.2, 0.25) is 5.91 Å². The van der Waals surface area contributed by atoms with E-state index in [2.05, 4.69) is 0 Å². The molecule has 2 amide bonds. The summed E-state index contributed by atoms with van der Waals surface area (Å²) in [6, 6.07) is 0. The lowest BCUT2D eigenvalue weighted by Crippen LogP contribution is -2.67. The zero-order chi connectivity index (χ0) is 22.8. The SMILES string of the molecule is CC(C)(CC(=O)OC1C2CC3CC(O)(C2)CC1(C(N)=O)C3)CC(=O)OC1(C(N)=O)CC1. The molecule has 0 radical (unpaired) electrons. The molecule has 9 heteroatoms. The highest BCUT2D eigenvalue weighted by molar-refractivity contribution is 5.89. The quantitative estimate of drug-likeness (QED) is 0.472. The Morgan fingerprint density at radius 1 is 1.00 bits per heavy atom. The van der Waals surface area contributed by atoms with Crippen molar-refractivity contribution in [2.75, 3.05) is 0 Å². The molecule has 0 aromatic carbocycles. The van der Waals surface area contributed by atoms with Crippen LogP contribution in [0.4, 0.5) is 0 Å². The lowest BCUT2D eigenvalue weighted by atomic mass is 9.46. The number of rotatable bonds is 8. The van der Waals surface area contributed by atoms with Crippen molar-refractivity contribution in [3.8, 4) is 0 Å². The number of aliphatic hydroxyl groups is 1. The minimum absolute atomic E-state index is 0.0581. The number of nitrogens with two attached hydrogens (primary N) is 2. The van der Waals surface area contributed by atoms with Crippen molar-refractivity contribution < 1.29 is 33.8 Å². The molecular weight excluding hydrogens is 404 g/mol. The third kappa shape index (κ3) is 3.92. The highest BCUT2D eigenvalue weighted by Gasteiger charge is 2.66. The van der Waals surface area contributed by atoms with Crippen molar-refractivity contribution in [3.63, 3.8) is 0 Å². The summed E-state index contributed by atoms with van der Waals surface area (Å²) < 4.78 is 11.1. The van der Waals surface area contributed by atoms with Crippen molar-refractivity contribution in [1.82, 2.24) is 0 Å². The Kier molecular flexibility index (Phi) is 4.92. The van der Waals surface area contributed by atoms with Gasteiger partial charge in [-0.1, -0.05) is 13.8 Å². The van der Waals surface area contributed by atoms with Crippen LogP contribution in [0.25, 0.3) is 0 Å². The molecule has 5 unspecified atom stereocenters. The molecule has 5 saturated carbocycles. The van der Waals surface area contributed by atoms with E-state index in [-0.39, 0.29) is 31.1 Å². The number of hydrogen-bond donors (Lipinski definition) is 3. The molecule has 0 heterocycles. The molecule has 5 atom stereocenters. The summed E-state index contributed by atoms with van der Waals surface area (Å²) >= 11 is 0. The van der Waals surface area contributed by atoms with Crippen LogP contribution in [-0.4, -0.2) is 46.2 Å². The van der Waals surface area contributed by atoms with Gasteiger partial charge in [0.05, 0.1) is 23.9 Å². The highest BCUT2D eigenvalue weighted by atomic mass is 16.6. The van der Waals surface area contributed by atoms with E-state index < -0.39 is 51.9 Å². The van der Waals surface area contributed by atoms with Crippen LogP contribution in [0.3, 0.4) is 0 Å². The van der Waals surface area contributed by atoms with Gasteiger partial charge in [0.25, 0.3) is 5.91 Å². The van der Waals surface area contributed by atoms with Crippen LogP contribution in [0.5, 0.6) is 0 Å². The van der Waals surface area contributed by atoms with Crippen LogP contribution in [0.2, 0.25) is 0 Å². The first-order valence-electron chi connectivity index (χ1n) is 11.0. The maximum Gasteiger partial charge on any atom is 0.307 e. The standard InChI is InChI=1S/C22H32N2O7/c1-19(2,10-15(26)31-22(3-4-22)18(24)28)9-14(25)30-16-13-5-12-6-20(29,8-13)11-21(16,7-12)17(23)27/h12-13,16,29H,3-11H2,1-2H3,(H2,23,27)(H2,24,28). The smallest absolute Gasteiger partial charge is 0.307 e. The second kappa shape index (κ2) is 6.92. The molecular formula is C22H32N2O7. The number of ether oxygens (including phenoxy) is 2. The minimum Gasteiger partial charge on any atom is -0.461 e. The van der Waals surface area contributed by atoms with Gasteiger partial charge in [-0.2, -0.15) is 0 Å². The number of esters is 2. The molecule has 5 rings (SSSR count). The van der Waals surface area contributed by atoms with Crippen LogP contribution in [0, 0.1) is 22.7 Å². The summed E-state index contributed by atoms with van der Waals surface area (Å²) in [5, 5.41) is 10.9. The van der Waals surface area contributed by atoms with Crippen LogP contribution in [-0.2, 0) is 28.7 Å². The Bertz CT molecular complexity index is 836. The molecule has 5 N–H and O–H groups in total. The molecule has 4 bridgehead atoms. The van der Waals surface area contributed by atoms with Crippen molar-refractivity contribution in [3.05, 3.63) is 0 Å². The van der Waals surface area contributed by atoms with Crippen molar-refractivity contribution >= 4 is 23.8 Å². The number of carbonyl (C=O) groups excluding carboxylic acids is 4. The Hall–Kier alpha value is -2.16. The summed E-state index contributed by atoms with van der Waals surface area (Å²) in [5.74, 6) is -2.16. The maximum atomic E-state index is 12.8. The summed E-state index contributed by atoms with van der Waals surface area (Å²) in [7, 11) is 0. The van der Waals surface area contributed by atoms with E-state index in [1.165, 1.54) is 0 Å². The van der Waals surface area contributed by atoms with Gasteiger partial charge in [-0.15, -0.1) is 0 Å². The molecule has 31 heavy (non-hydrogen) atoms. The lowest BCUT2D eigenvalue weighted by Gasteiger charge is -2.61. The molecule has 5 aliphatic rings. The van der Waals surface area contributed by atoms with E-state index in [1.807, 2.05) is 0 Å². The van der Waals surface area contributed by atoms with Crippen molar-refractivity contribution in [2.45, 2.75) is 88.9 Å². The van der Waals surface area contributed by atoms with E-state index in [4.69, 9.17) is 20.9 Å². The van der Waals surface area contributed by atoms with Gasteiger partial charge >= 0.3 is 11.9 Å². The second-order valence-electron chi connectivity index (χ2n) is 11.2. The summed E-state index contributed by atoms with van der Waals surface area (Å²) in [6.45, 7) is 3.48. The van der Waals surface area contributed by atoms with E-state index in [0.717, 1.165) is 6.42 Å². The Labute approximate surface area is 181 Å². The number of carbonyl (C=O) groups is 4. The fraction of sp³-hybridized carbons (Fsp3) is 0.818. The first-order valence-corrected chi connectivity index (χ1v) is 11.0. The molecule has 172 valence electrons. The normalized spacial score (nSPS) is 37.2. The molecule has 0 spiro atoms. The van der Waals surface area contributed by atoms with Gasteiger partial charge < -0.3 is 26.0 Å². The average molecular weight is 437 g/mol. The van der Waals surface area contributed by atoms with Crippen LogP contribution >= 0.6 is 0 Å². The van der Waals surface area contributed by atoms with Crippen LogP contribution in [0.15, 0.2) is 0 Å². The van der Waals surface area contributed by atoms with E-state index >= 15 is 0 Å². The fourth-order valence-electron chi connectivity index (χ4n) is 6.41. The summed E-state index contributed by atoms with van der Waals surface area (Å²) in [5.41, 5.74) is 7.14.